The minimum Gasteiger partial charge on any atom is -0.341 e. The Morgan fingerprint density at radius 2 is 2.38 bits per heavy atom. The molecule has 0 radical (unpaired) electrons. The molecule has 0 bridgehead atoms. The zero-order chi connectivity index (χ0) is 9.10. The van der Waals surface area contributed by atoms with Crippen molar-refractivity contribution < 1.29 is 4.79 Å². The van der Waals surface area contributed by atoms with Gasteiger partial charge in [-0.25, -0.2) is 10.1 Å². The molecule has 2 rings (SSSR count). The Hall–Kier alpha value is -2.18. The van der Waals surface area contributed by atoms with Crippen molar-refractivity contribution in [2.45, 2.75) is 0 Å². The molecule has 0 spiro atoms. The summed E-state index contributed by atoms with van der Waals surface area (Å²) in [4.78, 5) is 21.4. The Morgan fingerprint density at radius 3 is 3.00 bits per heavy atom. The minimum absolute atomic E-state index is 0.233. The van der Waals surface area contributed by atoms with Crippen LogP contribution in [-0.4, -0.2) is 31.1 Å². The van der Waals surface area contributed by atoms with E-state index in [1.165, 1.54) is 12.5 Å². The summed E-state index contributed by atoms with van der Waals surface area (Å²) in [5.74, 6) is 0.166. The Morgan fingerprint density at radius 1 is 1.46 bits per heavy atom. The van der Waals surface area contributed by atoms with Crippen LogP contribution >= 0.6 is 0 Å². The normalized spacial score (nSPS) is 9.85. The predicted octanol–water partition coefficient (Wildman–Crippen LogP) is -0.220. The molecule has 2 aromatic rings. The van der Waals surface area contributed by atoms with Crippen LogP contribution in [0, 0.1) is 0 Å². The summed E-state index contributed by atoms with van der Waals surface area (Å²) in [7, 11) is 0. The topological polar surface area (TPSA) is 99.3 Å². The number of aromatic amines is 2. The van der Waals surface area contributed by atoms with E-state index in [0.29, 0.717) is 5.95 Å². The number of anilines is 1. The molecule has 0 unspecified atom stereocenters. The first-order valence-electron chi connectivity index (χ1n) is 3.52. The van der Waals surface area contributed by atoms with Crippen LogP contribution < -0.4 is 5.32 Å². The smallest absolute Gasteiger partial charge is 0.293 e. The Labute approximate surface area is 72.6 Å². The summed E-state index contributed by atoms with van der Waals surface area (Å²) in [6.45, 7) is 0. The highest BCUT2D eigenvalue weighted by atomic mass is 16.2. The van der Waals surface area contributed by atoms with Crippen LogP contribution in [0.15, 0.2) is 18.7 Å². The van der Waals surface area contributed by atoms with Gasteiger partial charge in [0.05, 0.1) is 0 Å². The van der Waals surface area contributed by atoms with Gasteiger partial charge >= 0.3 is 0 Å². The zero-order valence-corrected chi connectivity index (χ0v) is 6.48. The van der Waals surface area contributed by atoms with Crippen LogP contribution in [0.5, 0.6) is 0 Å². The summed E-state index contributed by atoms with van der Waals surface area (Å²) in [6, 6.07) is 0. The van der Waals surface area contributed by atoms with Crippen LogP contribution in [0.2, 0.25) is 0 Å². The first-order chi connectivity index (χ1) is 6.36. The molecule has 13 heavy (non-hydrogen) atoms. The maximum Gasteiger partial charge on any atom is 0.293 e. The van der Waals surface area contributed by atoms with Gasteiger partial charge in [-0.2, -0.15) is 10.1 Å². The summed E-state index contributed by atoms with van der Waals surface area (Å²) in [5, 5.41) is 8.53. The molecule has 0 fully saturated rings. The van der Waals surface area contributed by atoms with Crippen molar-refractivity contribution in [2.24, 2.45) is 0 Å². The number of carbonyl (C=O) groups is 1. The van der Waals surface area contributed by atoms with Crippen LogP contribution in [0.4, 0.5) is 5.95 Å². The molecule has 0 aliphatic heterocycles. The van der Waals surface area contributed by atoms with E-state index < -0.39 is 0 Å². The van der Waals surface area contributed by atoms with E-state index >= 15 is 0 Å². The average molecular weight is 178 g/mol. The van der Waals surface area contributed by atoms with Crippen LogP contribution in [0.1, 0.15) is 10.6 Å². The van der Waals surface area contributed by atoms with Gasteiger partial charge in [0, 0.05) is 12.4 Å². The van der Waals surface area contributed by atoms with E-state index in [0.717, 1.165) is 0 Å². The van der Waals surface area contributed by atoms with Gasteiger partial charge in [-0.3, -0.25) is 10.1 Å². The highest BCUT2D eigenvalue weighted by molar-refractivity contribution is 6.00. The molecule has 66 valence electrons. The number of amides is 1. The fourth-order valence-electron chi connectivity index (χ4n) is 0.822. The number of rotatable bonds is 2. The molecule has 2 heterocycles. The maximum absolute atomic E-state index is 11.3. The Kier molecular flexibility index (Phi) is 1.75. The number of H-pyrrole nitrogens is 2. The number of hydrogen-bond donors (Lipinski definition) is 3. The van der Waals surface area contributed by atoms with Crippen molar-refractivity contribution >= 4 is 11.9 Å². The van der Waals surface area contributed by atoms with E-state index in [-0.39, 0.29) is 11.7 Å². The molecule has 1 amide bonds. The second-order valence-corrected chi connectivity index (χ2v) is 2.23. The lowest BCUT2D eigenvalue weighted by Crippen LogP contribution is -2.14. The predicted molar refractivity (Wildman–Crippen MR) is 42.9 cm³/mol. The monoisotopic (exact) mass is 178 g/mol. The molecule has 0 atom stereocenters. The van der Waals surface area contributed by atoms with Gasteiger partial charge in [0.15, 0.2) is 5.82 Å². The molecule has 0 saturated carbocycles. The van der Waals surface area contributed by atoms with Crippen molar-refractivity contribution in [1.82, 2.24) is 25.1 Å². The largest absolute Gasteiger partial charge is 0.341 e. The summed E-state index contributed by atoms with van der Waals surface area (Å²) in [6.07, 6.45) is 4.36. The lowest BCUT2D eigenvalue weighted by Gasteiger charge is -1.95. The maximum atomic E-state index is 11.3. The third-order valence-electron chi connectivity index (χ3n) is 1.36. The lowest BCUT2D eigenvalue weighted by molar-refractivity contribution is 0.101. The van der Waals surface area contributed by atoms with Gasteiger partial charge in [-0.05, 0) is 0 Å². The van der Waals surface area contributed by atoms with Crippen molar-refractivity contribution in [3.63, 3.8) is 0 Å². The first-order valence-corrected chi connectivity index (χ1v) is 3.52. The van der Waals surface area contributed by atoms with Gasteiger partial charge in [-0.15, -0.1) is 0 Å². The third kappa shape index (κ3) is 1.53. The van der Waals surface area contributed by atoms with Crippen molar-refractivity contribution in [1.29, 1.82) is 0 Å². The van der Waals surface area contributed by atoms with Gasteiger partial charge < -0.3 is 4.98 Å². The third-order valence-corrected chi connectivity index (χ3v) is 1.36. The molecule has 7 heteroatoms. The minimum atomic E-state index is -0.359. The fourth-order valence-corrected chi connectivity index (χ4v) is 0.822. The highest BCUT2D eigenvalue weighted by Crippen LogP contribution is 1.96. The molecule has 2 aromatic heterocycles. The van der Waals surface area contributed by atoms with Crippen molar-refractivity contribution in [3.8, 4) is 0 Å². The summed E-state index contributed by atoms with van der Waals surface area (Å²) in [5.41, 5.74) is 0. The van der Waals surface area contributed by atoms with Crippen molar-refractivity contribution in [2.75, 3.05) is 5.32 Å². The highest BCUT2D eigenvalue weighted by Gasteiger charge is 2.08. The number of nitrogens with one attached hydrogen (secondary N) is 3. The van der Waals surface area contributed by atoms with Gasteiger partial charge in [0.25, 0.3) is 5.91 Å². The second kappa shape index (κ2) is 3.05. The number of hydrogen-bond acceptors (Lipinski definition) is 4. The van der Waals surface area contributed by atoms with E-state index in [9.17, 15) is 4.79 Å². The molecule has 0 aliphatic rings. The zero-order valence-electron chi connectivity index (χ0n) is 6.48. The number of aromatic nitrogens is 5. The molecule has 0 aromatic carbocycles. The standard InChI is InChI=1S/C6H6N6O/c13-5(4-7-1-2-8-4)11-6-9-3-10-12-6/h1-3H,(H,7,8)(H2,9,10,11,12,13). The number of imidazole rings is 1. The van der Waals surface area contributed by atoms with E-state index in [4.69, 9.17) is 0 Å². The second-order valence-electron chi connectivity index (χ2n) is 2.23. The number of carbonyl (C=O) groups excluding carboxylic acids is 1. The average Bonchev–Trinajstić information content (AvgIpc) is 2.74. The molecular formula is C6H6N6O. The first kappa shape index (κ1) is 7.47. The van der Waals surface area contributed by atoms with Crippen LogP contribution in [-0.2, 0) is 0 Å². The fraction of sp³-hybridized carbons (Fsp3) is 0. The Balaban J connectivity index is 2.08. The molecule has 0 saturated heterocycles. The van der Waals surface area contributed by atoms with Crippen LogP contribution in [0.25, 0.3) is 0 Å². The molecule has 0 aliphatic carbocycles. The van der Waals surface area contributed by atoms with Crippen molar-refractivity contribution in [3.05, 3.63) is 24.5 Å². The quantitative estimate of drug-likeness (QED) is 0.591. The number of nitrogens with zero attached hydrogens (tertiary/aromatic N) is 3. The van der Waals surface area contributed by atoms with E-state index in [1.807, 2.05) is 0 Å². The van der Waals surface area contributed by atoms with E-state index in [1.54, 1.807) is 6.20 Å². The van der Waals surface area contributed by atoms with E-state index in [2.05, 4.69) is 30.5 Å². The molecule has 3 N–H and O–H groups in total. The van der Waals surface area contributed by atoms with Gasteiger partial charge in [0.2, 0.25) is 5.95 Å². The van der Waals surface area contributed by atoms with Gasteiger partial charge in [0.1, 0.15) is 6.33 Å². The van der Waals surface area contributed by atoms with Gasteiger partial charge in [-0.1, -0.05) is 0 Å². The van der Waals surface area contributed by atoms with Crippen LogP contribution in [0.3, 0.4) is 0 Å². The summed E-state index contributed by atoms with van der Waals surface area (Å²) >= 11 is 0. The SMILES string of the molecule is O=C(Nc1ncn[nH]1)c1ncc[nH]1. The molecular weight excluding hydrogens is 172 g/mol. The summed E-state index contributed by atoms with van der Waals surface area (Å²) < 4.78 is 0. The Bertz CT molecular complexity index is 377. The lowest BCUT2D eigenvalue weighted by atomic mass is 10.6. The molecule has 7 nitrogen and oxygen atoms in total.